The molecule has 0 bridgehead atoms. The lowest BCUT2D eigenvalue weighted by atomic mass is 9.97. The molecule has 1 saturated heterocycles. The fourth-order valence-electron chi connectivity index (χ4n) is 3.96. The lowest BCUT2D eigenvalue weighted by Crippen LogP contribution is -2.36. The molecule has 0 aromatic carbocycles. The molecule has 146 valence electrons. The molecule has 4 heterocycles. The summed E-state index contributed by atoms with van der Waals surface area (Å²) in [6, 6.07) is 8.48. The number of hydrogen-bond acceptors (Lipinski definition) is 5. The molecule has 0 radical (unpaired) electrons. The number of rotatable bonds is 6. The summed E-state index contributed by atoms with van der Waals surface area (Å²) in [5.74, 6) is 2.67. The Balaban J connectivity index is 1.46. The Morgan fingerprint density at radius 1 is 1.04 bits per heavy atom. The van der Waals surface area contributed by atoms with Crippen molar-refractivity contribution < 1.29 is 0 Å². The molecular weight excluding hydrogens is 348 g/mol. The molecule has 0 spiro atoms. The summed E-state index contributed by atoms with van der Waals surface area (Å²) in [6.07, 6.45) is 12.0. The Morgan fingerprint density at radius 3 is 2.64 bits per heavy atom. The van der Waals surface area contributed by atoms with Crippen molar-refractivity contribution in [3.63, 3.8) is 0 Å². The number of aromatic nitrogens is 4. The minimum Gasteiger partial charge on any atom is -0.356 e. The van der Waals surface area contributed by atoms with Crippen LogP contribution in [0.5, 0.6) is 0 Å². The minimum atomic E-state index is 0.425. The van der Waals surface area contributed by atoms with Crippen molar-refractivity contribution >= 4 is 5.82 Å². The summed E-state index contributed by atoms with van der Waals surface area (Å²) in [6.45, 7) is 3.78. The molecule has 6 nitrogen and oxygen atoms in total. The first-order valence-electron chi connectivity index (χ1n) is 9.93. The number of pyridine rings is 2. The van der Waals surface area contributed by atoms with Crippen LogP contribution in [-0.4, -0.2) is 51.6 Å². The Bertz CT molecular complexity index is 872. The van der Waals surface area contributed by atoms with E-state index in [1.807, 2.05) is 24.8 Å². The summed E-state index contributed by atoms with van der Waals surface area (Å²) in [5, 5.41) is 0. The number of nitrogens with zero attached hydrogens (tertiary/aromatic N) is 6. The molecular formula is C22H28N6. The standard InChI is InChI=1S/C22H28N6/c1-26(2)15-19-5-6-21(25-14-19)27-12-3-4-20(17-27)22-24-11-13-28(22)16-18-7-9-23-10-8-18/h5-11,13-14,20H,3-4,12,15-17H2,1-2H3/t20-/m1/s1. The quantitative estimate of drug-likeness (QED) is 0.661. The van der Waals surface area contributed by atoms with Gasteiger partial charge >= 0.3 is 0 Å². The molecule has 0 N–H and O–H groups in total. The molecule has 0 amide bonds. The van der Waals surface area contributed by atoms with Crippen LogP contribution >= 0.6 is 0 Å². The van der Waals surface area contributed by atoms with E-state index < -0.39 is 0 Å². The summed E-state index contributed by atoms with van der Waals surface area (Å²) < 4.78 is 2.27. The zero-order chi connectivity index (χ0) is 19.3. The van der Waals surface area contributed by atoms with E-state index >= 15 is 0 Å². The van der Waals surface area contributed by atoms with Crippen LogP contribution in [0.25, 0.3) is 0 Å². The molecule has 6 heteroatoms. The monoisotopic (exact) mass is 376 g/mol. The van der Waals surface area contributed by atoms with Gasteiger partial charge in [0.05, 0.1) is 0 Å². The molecule has 0 aliphatic carbocycles. The molecule has 1 fully saturated rings. The molecule has 4 rings (SSSR count). The molecule has 3 aromatic heterocycles. The van der Waals surface area contributed by atoms with Gasteiger partial charge in [0.25, 0.3) is 0 Å². The number of anilines is 1. The van der Waals surface area contributed by atoms with Gasteiger partial charge in [0, 0.05) is 63.1 Å². The summed E-state index contributed by atoms with van der Waals surface area (Å²) in [5.41, 5.74) is 2.50. The smallest absolute Gasteiger partial charge is 0.128 e. The highest BCUT2D eigenvalue weighted by molar-refractivity contribution is 5.40. The van der Waals surface area contributed by atoms with Gasteiger partial charge in [0.1, 0.15) is 11.6 Å². The van der Waals surface area contributed by atoms with Gasteiger partial charge in [-0.15, -0.1) is 0 Å². The van der Waals surface area contributed by atoms with Crippen LogP contribution in [0.3, 0.4) is 0 Å². The molecule has 0 saturated carbocycles. The lowest BCUT2D eigenvalue weighted by Gasteiger charge is -2.33. The van der Waals surface area contributed by atoms with E-state index in [4.69, 9.17) is 9.97 Å². The predicted octanol–water partition coefficient (Wildman–Crippen LogP) is 3.17. The van der Waals surface area contributed by atoms with Gasteiger partial charge < -0.3 is 14.4 Å². The second kappa shape index (κ2) is 8.52. The lowest BCUT2D eigenvalue weighted by molar-refractivity contribution is 0.402. The molecule has 1 aliphatic heterocycles. The Hall–Kier alpha value is -2.73. The number of imidazole rings is 1. The van der Waals surface area contributed by atoms with Gasteiger partial charge in [-0.3, -0.25) is 4.98 Å². The number of hydrogen-bond donors (Lipinski definition) is 0. The number of piperidine rings is 1. The van der Waals surface area contributed by atoms with Crippen LogP contribution in [0, 0.1) is 0 Å². The van der Waals surface area contributed by atoms with Crippen LogP contribution in [0.1, 0.15) is 35.7 Å². The third-order valence-corrected chi connectivity index (χ3v) is 5.27. The summed E-state index contributed by atoms with van der Waals surface area (Å²) >= 11 is 0. The first-order valence-corrected chi connectivity index (χ1v) is 9.93. The second-order valence-corrected chi connectivity index (χ2v) is 7.82. The normalized spacial score (nSPS) is 17.2. The van der Waals surface area contributed by atoms with E-state index in [1.54, 1.807) is 0 Å². The van der Waals surface area contributed by atoms with Crippen LogP contribution in [-0.2, 0) is 13.1 Å². The third-order valence-electron chi connectivity index (χ3n) is 5.27. The van der Waals surface area contributed by atoms with Crippen LogP contribution < -0.4 is 4.90 Å². The van der Waals surface area contributed by atoms with Crippen molar-refractivity contribution in [1.82, 2.24) is 24.4 Å². The first kappa shape index (κ1) is 18.6. The Morgan fingerprint density at radius 2 is 1.89 bits per heavy atom. The van der Waals surface area contributed by atoms with Gasteiger partial charge in [-0.1, -0.05) is 6.07 Å². The van der Waals surface area contributed by atoms with Crippen LogP contribution in [0.4, 0.5) is 5.82 Å². The predicted molar refractivity (Wildman–Crippen MR) is 111 cm³/mol. The van der Waals surface area contributed by atoms with Gasteiger partial charge in [0.15, 0.2) is 0 Å². The van der Waals surface area contributed by atoms with Gasteiger partial charge in [-0.2, -0.15) is 0 Å². The van der Waals surface area contributed by atoms with Crippen molar-refractivity contribution in [2.45, 2.75) is 31.8 Å². The maximum atomic E-state index is 4.73. The molecule has 3 aromatic rings. The third kappa shape index (κ3) is 4.39. The first-order chi connectivity index (χ1) is 13.7. The van der Waals surface area contributed by atoms with E-state index in [0.717, 1.165) is 38.4 Å². The fourth-order valence-corrected chi connectivity index (χ4v) is 3.96. The van der Waals surface area contributed by atoms with E-state index in [2.05, 4.69) is 63.9 Å². The Kier molecular flexibility index (Phi) is 5.67. The fraction of sp³-hybridized carbons (Fsp3) is 0.409. The van der Waals surface area contributed by atoms with Gasteiger partial charge in [0.2, 0.25) is 0 Å². The van der Waals surface area contributed by atoms with Crippen LogP contribution in [0.15, 0.2) is 55.2 Å². The summed E-state index contributed by atoms with van der Waals surface area (Å²) in [7, 11) is 4.16. The molecule has 1 aliphatic rings. The highest BCUT2D eigenvalue weighted by Crippen LogP contribution is 2.28. The van der Waals surface area contributed by atoms with Crippen molar-refractivity contribution in [2.24, 2.45) is 0 Å². The average Bonchev–Trinajstić information content (AvgIpc) is 3.17. The largest absolute Gasteiger partial charge is 0.356 e. The molecule has 28 heavy (non-hydrogen) atoms. The second-order valence-electron chi connectivity index (χ2n) is 7.82. The molecule has 1 atom stereocenters. The van der Waals surface area contributed by atoms with Gasteiger partial charge in [-0.05, 0) is 56.3 Å². The van der Waals surface area contributed by atoms with E-state index in [1.165, 1.54) is 23.4 Å². The van der Waals surface area contributed by atoms with Crippen molar-refractivity contribution in [3.05, 3.63) is 72.2 Å². The van der Waals surface area contributed by atoms with E-state index in [0.29, 0.717) is 5.92 Å². The average molecular weight is 377 g/mol. The highest BCUT2D eigenvalue weighted by Gasteiger charge is 2.25. The van der Waals surface area contributed by atoms with Gasteiger partial charge in [-0.25, -0.2) is 9.97 Å². The Labute approximate surface area is 166 Å². The van der Waals surface area contributed by atoms with Crippen LogP contribution in [0.2, 0.25) is 0 Å². The maximum Gasteiger partial charge on any atom is 0.128 e. The summed E-state index contributed by atoms with van der Waals surface area (Å²) in [4.78, 5) is 18.1. The highest BCUT2D eigenvalue weighted by atomic mass is 15.2. The van der Waals surface area contributed by atoms with Crippen molar-refractivity contribution in [1.29, 1.82) is 0 Å². The zero-order valence-electron chi connectivity index (χ0n) is 16.7. The molecule has 0 unspecified atom stereocenters. The zero-order valence-corrected chi connectivity index (χ0v) is 16.7. The topological polar surface area (TPSA) is 50.1 Å². The van der Waals surface area contributed by atoms with E-state index in [-0.39, 0.29) is 0 Å². The SMILES string of the molecule is CN(C)Cc1ccc(N2CCC[C@@H](c3nccn3Cc3ccncc3)C2)nc1. The minimum absolute atomic E-state index is 0.425. The van der Waals surface area contributed by atoms with Crippen molar-refractivity contribution in [2.75, 3.05) is 32.1 Å². The van der Waals surface area contributed by atoms with Crippen molar-refractivity contribution in [3.8, 4) is 0 Å². The van der Waals surface area contributed by atoms with E-state index in [9.17, 15) is 0 Å². The maximum absolute atomic E-state index is 4.73.